The Kier molecular flexibility index (Phi) is 9.40. The normalized spacial score (nSPS) is 17.0. The van der Waals surface area contributed by atoms with Crippen molar-refractivity contribution in [2.45, 2.75) is 57.3 Å². The van der Waals surface area contributed by atoms with Crippen molar-refractivity contribution in [3.05, 3.63) is 51.9 Å². The molecule has 2 fully saturated rings. The topological polar surface area (TPSA) is 111 Å². The second kappa shape index (κ2) is 12.7. The molecule has 0 atom stereocenters. The molecule has 208 valence electrons. The number of piperidine rings is 1. The molecule has 13 heteroatoms. The molecule has 1 aromatic carbocycles. The summed E-state index contributed by atoms with van der Waals surface area (Å²) in [5.41, 5.74) is 4.32. The number of esters is 1. The molecule has 0 bridgehead atoms. The predicted octanol–water partition coefficient (Wildman–Crippen LogP) is 4.52. The lowest BCUT2D eigenvalue weighted by Gasteiger charge is -2.31. The fourth-order valence-electron chi connectivity index (χ4n) is 4.85. The number of carbonyl (C=O) groups excluding carboxylic acids is 2. The van der Waals surface area contributed by atoms with Crippen LogP contribution in [0.1, 0.15) is 60.3 Å². The van der Waals surface area contributed by atoms with E-state index in [4.69, 9.17) is 0 Å². The van der Waals surface area contributed by atoms with Gasteiger partial charge in [0.2, 0.25) is 5.82 Å². The van der Waals surface area contributed by atoms with Gasteiger partial charge in [0, 0.05) is 37.9 Å². The Bertz CT molecular complexity index is 1210. The van der Waals surface area contributed by atoms with Crippen LogP contribution in [-0.4, -0.2) is 58.7 Å². The van der Waals surface area contributed by atoms with Crippen molar-refractivity contribution < 1.29 is 27.5 Å². The van der Waals surface area contributed by atoms with Gasteiger partial charge in [-0.05, 0) is 65.2 Å². The molecule has 1 N–H and O–H groups in total. The van der Waals surface area contributed by atoms with Gasteiger partial charge in [0.25, 0.3) is 5.91 Å². The molecule has 1 aliphatic heterocycles. The van der Waals surface area contributed by atoms with E-state index in [-0.39, 0.29) is 11.7 Å². The van der Waals surface area contributed by atoms with Crippen molar-refractivity contribution in [3.8, 4) is 6.07 Å². The van der Waals surface area contributed by atoms with E-state index < -0.39 is 18.2 Å². The van der Waals surface area contributed by atoms with Crippen molar-refractivity contribution in [1.82, 2.24) is 20.3 Å². The van der Waals surface area contributed by atoms with Gasteiger partial charge in [-0.25, -0.2) is 9.78 Å². The number of halogens is 4. The van der Waals surface area contributed by atoms with Crippen molar-refractivity contribution >= 4 is 33.6 Å². The smallest absolute Gasteiger partial charge is 0.456 e. The number of nitrogens with one attached hydrogen (secondary N) is 1. The molecule has 2 heterocycles. The third-order valence-corrected chi connectivity index (χ3v) is 7.45. The minimum atomic E-state index is -4.98. The molecule has 2 aromatic rings. The highest BCUT2D eigenvalue weighted by Crippen LogP contribution is 2.29. The van der Waals surface area contributed by atoms with Crippen LogP contribution in [0.15, 0.2) is 34.9 Å². The highest BCUT2D eigenvalue weighted by atomic mass is 79.9. The monoisotopic (exact) mass is 608 g/mol. The molecule has 4 rings (SSSR count). The van der Waals surface area contributed by atoms with Crippen LogP contribution in [0, 0.1) is 17.2 Å². The van der Waals surface area contributed by atoms with Crippen LogP contribution in [0.25, 0.3) is 0 Å². The number of hydrazine groups is 1. The van der Waals surface area contributed by atoms with Gasteiger partial charge in [-0.15, -0.1) is 0 Å². The summed E-state index contributed by atoms with van der Waals surface area (Å²) < 4.78 is 42.4. The molecule has 2 aliphatic rings. The Morgan fingerprint density at radius 1 is 1.15 bits per heavy atom. The second-order valence-electron chi connectivity index (χ2n) is 9.75. The molecule has 1 saturated carbocycles. The number of benzene rings is 1. The van der Waals surface area contributed by atoms with E-state index in [1.165, 1.54) is 6.20 Å². The number of ether oxygens (including phenoxy) is 1. The number of nitrogens with zero attached hydrogens (tertiary/aromatic N) is 5. The van der Waals surface area contributed by atoms with E-state index in [1.807, 2.05) is 18.2 Å². The minimum absolute atomic E-state index is 0.00534. The summed E-state index contributed by atoms with van der Waals surface area (Å²) in [6.45, 7) is 2.10. The number of rotatable bonds is 8. The van der Waals surface area contributed by atoms with Gasteiger partial charge in [0.1, 0.15) is 12.2 Å². The Morgan fingerprint density at radius 2 is 1.82 bits per heavy atom. The number of aromatic nitrogens is 2. The highest BCUT2D eigenvalue weighted by molar-refractivity contribution is 9.10. The Hall–Kier alpha value is -3.24. The van der Waals surface area contributed by atoms with Crippen LogP contribution >= 0.6 is 15.9 Å². The molecule has 1 amide bonds. The van der Waals surface area contributed by atoms with E-state index in [2.05, 4.69) is 41.0 Å². The predicted molar refractivity (Wildman–Crippen MR) is 138 cm³/mol. The zero-order chi connectivity index (χ0) is 28.0. The molecule has 0 spiro atoms. The lowest BCUT2D eigenvalue weighted by molar-refractivity contribution is -0.206. The number of nitriles is 1. The Morgan fingerprint density at radius 3 is 2.44 bits per heavy atom. The average Bonchev–Trinajstić information content (AvgIpc) is 3.43. The van der Waals surface area contributed by atoms with Crippen LogP contribution in [0.2, 0.25) is 0 Å². The maximum Gasteiger partial charge on any atom is 0.490 e. The van der Waals surface area contributed by atoms with Crippen molar-refractivity contribution in [1.29, 1.82) is 5.26 Å². The summed E-state index contributed by atoms with van der Waals surface area (Å²) >= 11 is 3.43. The van der Waals surface area contributed by atoms with Gasteiger partial charge in [-0.3, -0.25) is 20.1 Å². The number of carbonyl (C=O) groups is 2. The second-order valence-corrected chi connectivity index (χ2v) is 10.6. The van der Waals surface area contributed by atoms with Crippen LogP contribution in [0.5, 0.6) is 0 Å². The number of hydrogen-bond acceptors (Lipinski definition) is 8. The fourth-order valence-corrected chi connectivity index (χ4v) is 5.25. The summed E-state index contributed by atoms with van der Waals surface area (Å²) in [5, 5.41) is 10.9. The first-order valence-electron chi connectivity index (χ1n) is 12.7. The van der Waals surface area contributed by atoms with Gasteiger partial charge < -0.3 is 4.74 Å². The van der Waals surface area contributed by atoms with Crippen LogP contribution in [-0.2, 0) is 16.1 Å². The number of hydrogen-bond donors (Lipinski definition) is 1. The molecule has 39 heavy (non-hydrogen) atoms. The van der Waals surface area contributed by atoms with E-state index in [9.17, 15) is 28.0 Å². The third kappa shape index (κ3) is 7.89. The van der Waals surface area contributed by atoms with Crippen molar-refractivity contribution in [3.63, 3.8) is 0 Å². The van der Waals surface area contributed by atoms with Gasteiger partial charge in [0.15, 0.2) is 5.82 Å². The summed E-state index contributed by atoms with van der Waals surface area (Å²) in [5.74, 6) is -1.65. The molecule has 0 unspecified atom stereocenters. The average molecular weight is 609 g/mol. The standard InChI is InChI=1S/C26H28BrF3N6O3/c27-21-14-32-22(13-31)33-23(21)36(16-17-3-1-2-4-17)34-24(37)19-7-5-18(6-8-19)15-35-11-9-20(10-12-35)39-25(38)26(28,29)30/h5-8,14,17,20H,1-4,9-12,15-16H2,(H,34,37). The first kappa shape index (κ1) is 28.8. The summed E-state index contributed by atoms with van der Waals surface area (Å²) in [7, 11) is 0. The van der Waals surface area contributed by atoms with E-state index >= 15 is 0 Å². The van der Waals surface area contributed by atoms with E-state index in [1.54, 1.807) is 17.1 Å². The summed E-state index contributed by atoms with van der Waals surface area (Å²) in [4.78, 5) is 34.5. The van der Waals surface area contributed by atoms with Gasteiger partial charge in [-0.2, -0.15) is 23.4 Å². The molecule has 1 aliphatic carbocycles. The fraction of sp³-hybridized carbons (Fsp3) is 0.500. The molecule has 9 nitrogen and oxygen atoms in total. The maximum absolute atomic E-state index is 13.2. The van der Waals surface area contributed by atoms with Crippen LogP contribution in [0.3, 0.4) is 0 Å². The SMILES string of the molecule is N#Cc1ncc(Br)c(N(CC2CCCC2)NC(=O)c2ccc(CN3CCC(OC(=O)C(F)(F)F)CC3)cc2)n1. The number of amides is 1. The molecule has 0 radical (unpaired) electrons. The molecule has 1 saturated heterocycles. The number of likely N-dealkylation sites (tertiary alicyclic amines) is 1. The highest BCUT2D eigenvalue weighted by Gasteiger charge is 2.42. The number of anilines is 1. The first-order chi connectivity index (χ1) is 18.6. The van der Waals surface area contributed by atoms with E-state index in [0.717, 1.165) is 31.2 Å². The number of alkyl halides is 3. The van der Waals surface area contributed by atoms with Crippen LogP contribution in [0.4, 0.5) is 19.0 Å². The first-order valence-corrected chi connectivity index (χ1v) is 13.5. The van der Waals surface area contributed by atoms with Gasteiger partial charge in [-0.1, -0.05) is 25.0 Å². The summed E-state index contributed by atoms with van der Waals surface area (Å²) in [6.07, 6.45) is 0.797. The minimum Gasteiger partial charge on any atom is -0.456 e. The third-order valence-electron chi connectivity index (χ3n) is 6.90. The lowest BCUT2D eigenvalue weighted by Crippen LogP contribution is -2.45. The van der Waals surface area contributed by atoms with Crippen molar-refractivity contribution in [2.24, 2.45) is 5.92 Å². The molecule has 1 aromatic heterocycles. The Balaban J connectivity index is 1.35. The summed E-state index contributed by atoms with van der Waals surface area (Å²) in [6, 6.07) is 9.03. The van der Waals surface area contributed by atoms with Gasteiger partial charge >= 0.3 is 12.1 Å². The Labute approximate surface area is 232 Å². The van der Waals surface area contributed by atoms with Crippen molar-refractivity contribution in [2.75, 3.05) is 24.6 Å². The maximum atomic E-state index is 13.2. The zero-order valence-electron chi connectivity index (χ0n) is 21.1. The molecular weight excluding hydrogens is 581 g/mol. The quantitative estimate of drug-likeness (QED) is 0.344. The largest absolute Gasteiger partial charge is 0.490 e. The van der Waals surface area contributed by atoms with E-state index in [0.29, 0.717) is 60.8 Å². The zero-order valence-corrected chi connectivity index (χ0v) is 22.7. The van der Waals surface area contributed by atoms with Gasteiger partial charge in [0.05, 0.1) is 4.47 Å². The molecular formula is C26H28BrF3N6O3. The lowest BCUT2D eigenvalue weighted by atomic mass is 10.1. The van der Waals surface area contributed by atoms with Crippen LogP contribution < -0.4 is 10.4 Å².